The van der Waals surface area contributed by atoms with Crippen LogP contribution in [-0.4, -0.2) is 74.7 Å². The molecule has 0 fully saturated rings. The molecule has 1 aliphatic rings. The number of anilines is 1. The molecule has 16 nitrogen and oxygen atoms in total. The van der Waals surface area contributed by atoms with Crippen molar-refractivity contribution in [1.82, 2.24) is 43.1 Å². The van der Waals surface area contributed by atoms with Gasteiger partial charge in [-0.25, -0.2) is 14.6 Å². The molecule has 0 radical (unpaired) electrons. The number of halogens is 1. The summed E-state index contributed by atoms with van der Waals surface area (Å²) >= 11 is 5.60. The minimum Gasteiger partial charge on any atom is -0.490 e. The second kappa shape index (κ2) is 13.4. The Morgan fingerprint density at radius 3 is 2.46 bits per heavy atom. The van der Waals surface area contributed by atoms with Gasteiger partial charge in [-0.15, -0.1) is 0 Å². The van der Waals surface area contributed by atoms with E-state index in [0.29, 0.717) is 24.3 Å². The van der Waals surface area contributed by atoms with Gasteiger partial charge in [0, 0.05) is 65.1 Å². The number of hydrogen-bond acceptors (Lipinski definition) is 10. The Bertz CT molecular complexity index is 2140. The topological polar surface area (TPSA) is 188 Å². The zero-order chi connectivity index (χ0) is 33.3. The predicted octanol–water partition coefficient (Wildman–Crippen LogP) is -0.176. The number of aliphatic hydroxyl groups excluding tert-OH is 1. The van der Waals surface area contributed by atoms with Crippen LogP contribution in [0.1, 0.15) is 18.9 Å². The third-order valence-electron chi connectivity index (χ3n) is 8.04. The molecule has 2 unspecified atom stereocenters. The molecule has 0 bridgehead atoms. The van der Waals surface area contributed by atoms with Gasteiger partial charge in [-0.3, -0.25) is 27.9 Å². The van der Waals surface area contributed by atoms with Crippen molar-refractivity contribution in [2.75, 3.05) is 25.0 Å². The Labute approximate surface area is 266 Å². The number of imidazole rings is 2. The number of nitrogens with zero attached hydrogens (tertiary/aromatic N) is 7. The number of ether oxygens (including phenoxy) is 1. The fourth-order valence-corrected chi connectivity index (χ4v) is 5.50. The van der Waals surface area contributed by atoms with Crippen LogP contribution in [0, 0.1) is 0 Å². The lowest BCUT2D eigenvalue weighted by molar-refractivity contribution is 0.103. The molecule has 6 rings (SSSR count). The molecule has 1 aliphatic heterocycles. The molecule has 2 atom stereocenters. The Morgan fingerprint density at radius 1 is 1.02 bits per heavy atom. The SMILES string of the molecule is CC(CCn1cnc2c1c(=O)n(C)c(=O)n2C)NCC(O)COc1cccc2c1CCN2.Cn1c(=O)c2[nH]c(Cl)nc2n(C)c1=O. The summed E-state index contributed by atoms with van der Waals surface area (Å²) in [6.07, 6.45) is 2.60. The van der Waals surface area contributed by atoms with Gasteiger partial charge in [0.2, 0.25) is 5.28 Å². The van der Waals surface area contributed by atoms with E-state index in [-0.39, 0.29) is 34.7 Å². The average Bonchev–Trinajstić information content (AvgIpc) is 3.80. The van der Waals surface area contributed by atoms with Gasteiger partial charge in [-0.1, -0.05) is 6.07 Å². The van der Waals surface area contributed by atoms with Crippen LogP contribution in [0.5, 0.6) is 5.75 Å². The number of hydrogen-bond donors (Lipinski definition) is 4. The molecule has 246 valence electrons. The highest BCUT2D eigenvalue weighted by atomic mass is 35.5. The predicted molar refractivity (Wildman–Crippen MR) is 174 cm³/mol. The summed E-state index contributed by atoms with van der Waals surface area (Å²) in [7, 11) is 6.00. The van der Waals surface area contributed by atoms with Crippen LogP contribution in [0.3, 0.4) is 0 Å². The molecule has 0 aliphatic carbocycles. The first-order valence-electron chi connectivity index (χ1n) is 14.7. The summed E-state index contributed by atoms with van der Waals surface area (Å²) in [4.78, 5) is 58.2. The van der Waals surface area contributed by atoms with Crippen molar-refractivity contribution in [3.8, 4) is 5.75 Å². The molecule has 4 aromatic heterocycles. The Hall–Kier alpha value is -4.67. The number of aryl methyl sites for hydroxylation is 3. The fourth-order valence-electron chi connectivity index (χ4n) is 5.33. The largest absolute Gasteiger partial charge is 0.490 e. The van der Waals surface area contributed by atoms with Gasteiger partial charge >= 0.3 is 11.4 Å². The third-order valence-corrected chi connectivity index (χ3v) is 8.22. The number of nitrogens with one attached hydrogen (secondary N) is 3. The van der Waals surface area contributed by atoms with Crippen LogP contribution in [0.4, 0.5) is 5.69 Å². The van der Waals surface area contributed by atoms with E-state index in [1.165, 1.54) is 30.3 Å². The lowest BCUT2D eigenvalue weighted by Crippen LogP contribution is -2.38. The zero-order valence-electron chi connectivity index (χ0n) is 26.2. The summed E-state index contributed by atoms with van der Waals surface area (Å²) < 4.78 is 12.4. The first kappa shape index (κ1) is 32.7. The molecule has 0 saturated carbocycles. The molecule has 0 spiro atoms. The lowest BCUT2D eigenvalue weighted by atomic mass is 10.1. The molecule has 5 heterocycles. The number of aliphatic hydroxyl groups is 1. The van der Waals surface area contributed by atoms with Crippen LogP contribution >= 0.6 is 11.6 Å². The Morgan fingerprint density at radius 2 is 1.72 bits per heavy atom. The molecule has 1 aromatic carbocycles. The average molecular weight is 657 g/mol. The van der Waals surface area contributed by atoms with Crippen molar-refractivity contribution in [1.29, 1.82) is 0 Å². The maximum absolute atomic E-state index is 12.5. The molecule has 0 saturated heterocycles. The second-order valence-corrected chi connectivity index (χ2v) is 11.6. The van der Waals surface area contributed by atoms with Crippen molar-refractivity contribution in [2.45, 2.75) is 38.5 Å². The van der Waals surface area contributed by atoms with Crippen LogP contribution in [-0.2, 0) is 41.2 Å². The van der Waals surface area contributed by atoms with E-state index in [1.54, 1.807) is 17.9 Å². The third kappa shape index (κ3) is 6.36. The van der Waals surface area contributed by atoms with E-state index in [9.17, 15) is 24.3 Å². The zero-order valence-corrected chi connectivity index (χ0v) is 27.0. The summed E-state index contributed by atoms with van der Waals surface area (Å²) in [5.74, 6) is 0.822. The van der Waals surface area contributed by atoms with Gasteiger partial charge in [0.25, 0.3) is 11.1 Å². The molecule has 0 amide bonds. The van der Waals surface area contributed by atoms with Gasteiger partial charge < -0.3 is 30.0 Å². The van der Waals surface area contributed by atoms with Crippen LogP contribution < -0.4 is 37.9 Å². The number of H-pyrrole nitrogens is 1. The number of aromatic amines is 1. The number of benzene rings is 1. The molecular formula is C29H37ClN10O6. The van der Waals surface area contributed by atoms with Crippen molar-refractivity contribution < 1.29 is 9.84 Å². The van der Waals surface area contributed by atoms with Gasteiger partial charge in [0.15, 0.2) is 22.3 Å². The van der Waals surface area contributed by atoms with Crippen molar-refractivity contribution in [3.05, 3.63) is 77.0 Å². The quantitative estimate of drug-likeness (QED) is 0.155. The van der Waals surface area contributed by atoms with Crippen molar-refractivity contribution in [3.63, 3.8) is 0 Å². The summed E-state index contributed by atoms with van der Waals surface area (Å²) in [6, 6.07) is 6.02. The molecule has 5 aromatic rings. The minimum absolute atomic E-state index is 0.0956. The highest BCUT2D eigenvalue weighted by Gasteiger charge is 2.17. The van der Waals surface area contributed by atoms with Gasteiger partial charge in [-0.05, 0) is 43.5 Å². The number of fused-ring (bicyclic) bond motifs is 3. The summed E-state index contributed by atoms with van der Waals surface area (Å²) in [6.45, 7) is 4.11. The minimum atomic E-state index is -0.640. The standard InChI is InChI=1S/C22H30N6O4.C7H7ClN4O2/c1-14(8-10-28-13-25-20-19(28)21(30)27(3)22(31)26(20)2)24-11-15(29)12-32-18-6-4-5-17-16(18)7-9-23-17;1-11-4-3(9-6(8)10-4)5(13)12(2)7(11)14/h4-6,13-15,23-24,29H,7-12H2,1-3H3;1-2H3,(H,9,10). The first-order chi connectivity index (χ1) is 21.9. The number of rotatable bonds is 9. The van der Waals surface area contributed by atoms with Gasteiger partial charge in [0.1, 0.15) is 18.5 Å². The van der Waals surface area contributed by atoms with E-state index < -0.39 is 23.0 Å². The van der Waals surface area contributed by atoms with Crippen molar-refractivity contribution >= 4 is 39.6 Å². The van der Waals surface area contributed by atoms with E-state index in [1.807, 2.05) is 25.1 Å². The Balaban J connectivity index is 0.000000247. The maximum Gasteiger partial charge on any atom is 0.332 e. The second-order valence-electron chi connectivity index (χ2n) is 11.3. The molecule has 17 heteroatoms. The van der Waals surface area contributed by atoms with Crippen LogP contribution in [0.25, 0.3) is 22.3 Å². The highest BCUT2D eigenvalue weighted by Crippen LogP contribution is 2.30. The first-order valence-corrected chi connectivity index (χ1v) is 15.1. The van der Waals surface area contributed by atoms with Gasteiger partial charge in [-0.2, -0.15) is 4.98 Å². The van der Waals surface area contributed by atoms with E-state index in [2.05, 4.69) is 25.6 Å². The highest BCUT2D eigenvalue weighted by molar-refractivity contribution is 6.28. The maximum atomic E-state index is 12.5. The summed E-state index contributed by atoms with van der Waals surface area (Å²) in [5.41, 5.74) is 1.97. The van der Waals surface area contributed by atoms with E-state index in [0.717, 1.165) is 45.5 Å². The molecular weight excluding hydrogens is 620 g/mol. The van der Waals surface area contributed by atoms with E-state index in [4.69, 9.17) is 16.3 Å². The molecule has 4 N–H and O–H groups in total. The van der Waals surface area contributed by atoms with Crippen molar-refractivity contribution in [2.24, 2.45) is 28.2 Å². The fraction of sp³-hybridized carbons (Fsp3) is 0.448. The molecule has 46 heavy (non-hydrogen) atoms. The monoisotopic (exact) mass is 656 g/mol. The number of aromatic nitrogens is 8. The van der Waals surface area contributed by atoms with Gasteiger partial charge in [0.05, 0.1) is 6.33 Å². The smallest absolute Gasteiger partial charge is 0.332 e. The van der Waals surface area contributed by atoms with E-state index >= 15 is 0 Å². The Kier molecular flexibility index (Phi) is 9.50. The summed E-state index contributed by atoms with van der Waals surface area (Å²) in [5, 5.41) is 17.1. The van der Waals surface area contributed by atoms with Crippen LogP contribution in [0.15, 0.2) is 43.7 Å². The normalized spacial score (nSPS) is 13.7. The van der Waals surface area contributed by atoms with Crippen LogP contribution in [0.2, 0.25) is 5.28 Å². The lowest BCUT2D eigenvalue weighted by Gasteiger charge is -2.18.